The van der Waals surface area contributed by atoms with E-state index in [1.165, 1.54) is 0 Å². The third-order valence-corrected chi connectivity index (χ3v) is 4.14. The topological polar surface area (TPSA) is 75.4 Å². The fourth-order valence-corrected chi connectivity index (χ4v) is 2.56. The molecule has 0 saturated carbocycles. The Bertz CT molecular complexity index is 902. The molecule has 124 valence electrons. The number of carbonyl (C=O) groups is 1. The molecule has 1 aromatic heterocycles. The van der Waals surface area contributed by atoms with Crippen LogP contribution in [0.3, 0.4) is 0 Å². The molecule has 0 radical (unpaired) electrons. The summed E-state index contributed by atoms with van der Waals surface area (Å²) in [7, 11) is 0. The van der Waals surface area contributed by atoms with E-state index in [1.807, 2.05) is 26.0 Å². The molecule has 0 aliphatic carbocycles. The second kappa shape index (κ2) is 6.00. The van der Waals surface area contributed by atoms with Crippen molar-refractivity contribution in [2.75, 3.05) is 5.32 Å². The van der Waals surface area contributed by atoms with Crippen molar-refractivity contribution in [2.45, 2.75) is 34.1 Å². The van der Waals surface area contributed by atoms with Crippen LogP contribution in [-0.4, -0.2) is 16.0 Å². The summed E-state index contributed by atoms with van der Waals surface area (Å²) in [6.07, 6.45) is 0.386. The zero-order valence-electron chi connectivity index (χ0n) is 14.2. The average Bonchev–Trinajstić information content (AvgIpc) is 2.93. The number of phenols is 1. The molecule has 0 fully saturated rings. The number of carbonyl (C=O) groups excluding carboxylic acids is 1. The van der Waals surface area contributed by atoms with Gasteiger partial charge in [0.05, 0.1) is 5.56 Å². The fourth-order valence-electron chi connectivity index (χ4n) is 2.56. The fraction of sp³-hybridized carbons (Fsp3) is 0.263. The Morgan fingerprint density at radius 2 is 1.83 bits per heavy atom. The van der Waals surface area contributed by atoms with Gasteiger partial charge in [-0.25, -0.2) is 4.98 Å². The first kappa shape index (κ1) is 16.1. The number of oxazole rings is 1. The first-order valence-corrected chi connectivity index (χ1v) is 7.90. The van der Waals surface area contributed by atoms with Gasteiger partial charge in [0.25, 0.3) is 0 Å². The molecule has 0 unspecified atom stereocenters. The second-order valence-electron chi connectivity index (χ2n) is 6.01. The van der Waals surface area contributed by atoms with Crippen LogP contribution in [-0.2, 0) is 4.79 Å². The van der Waals surface area contributed by atoms with Crippen LogP contribution in [0.5, 0.6) is 5.75 Å². The summed E-state index contributed by atoms with van der Waals surface area (Å²) in [5, 5.41) is 13.2. The molecular weight excluding hydrogens is 304 g/mol. The van der Waals surface area contributed by atoms with Crippen LogP contribution >= 0.6 is 0 Å². The monoisotopic (exact) mass is 324 g/mol. The van der Waals surface area contributed by atoms with Crippen LogP contribution in [0, 0.1) is 20.8 Å². The van der Waals surface area contributed by atoms with Crippen molar-refractivity contribution in [3.63, 3.8) is 0 Å². The predicted octanol–water partition coefficient (Wildman–Crippen LogP) is 4.47. The van der Waals surface area contributed by atoms with Gasteiger partial charge < -0.3 is 14.8 Å². The molecule has 3 rings (SSSR count). The van der Waals surface area contributed by atoms with Gasteiger partial charge in [-0.2, -0.15) is 0 Å². The number of anilines is 1. The summed E-state index contributed by atoms with van der Waals surface area (Å²) in [5.74, 6) is 0.350. The van der Waals surface area contributed by atoms with Crippen LogP contribution in [0.25, 0.3) is 22.6 Å². The predicted molar refractivity (Wildman–Crippen MR) is 94.2 cm³/mol. The largest absolute Gasteiger partial charge is 0.507 e. The molecule has 0 saturated heterocycles. The summed E-state index contributed by atoms with van der Waals surface area (Å²) < 4.78 is 5.83. The molecule has 2 N–H and O–H groups in total. The first-order chi connectivity index (χ1) is 11.4. The number of aromatic hydroxyl groups is 1. The van der Waals surface area contributed by atoms with E-state index in [1.54, 1.807) is 26.0 Å². The number of fused-ring (bicyclic) bond motifs is 1. The van der Waals surface area contributed by atoms with Crippen LogP contribution in [0.2, 0.25) is 0 Å². The molecule has 0 aliphatic rings. The number of aromatic nitrogens is 1. The van der Waals surface area contributed by atoms with Crippen molar-refractivity contribution < 1.29 is 14.3 Å². The molecule has 5 heteroatoms. The van der Waals surface area contributed by atoms with E-state index in [-0.39, 0.29) is 11.7 Å². The molecule has 1 amide bonds. The van der Waals surface area contributed by atoms with E-state index in [0.717, 1.165) is 16.6 Å². The lowest BCUT2D eigenvalue weighted by Crippen LogP contribution is -2.09. The van der Waals surface area contributed by atoms with Crippen LogP contribution in [0.4, 0.5) is 5.69 Å². The summed E-state index contributed by atoms with van der Waals surface area (Å²) >= 11 is 0. The second-order valence-corrected chi connectivity index (χ2v) is 6.01. The number of benzene rings is 2. The molecule has 3 aromatic rings. The van der Waals surface area contributed by atoms with Crippen molar-refractivity contribution in [1.29, 1.82) is 0 Å². The highest BCUT2D eigenvalue weighted by molar-refractivity contribution is 5.92. The number of aryl methyl sites for hydroxylation is 3. The number of phenolic OH excluding ortho intramolecular Hbond substituents is 1. The third kappa shape index (κ3) is 2.85. The van der Waals surface area contributed by atoms with Crippen molar-refractivity contribution in [2.24, 2.45) is 0 Å². The highest BCUT2D eigenvalue weighted by Gasteiger charge is 2.16. The molecule has 0 atom stereocenters. The number of nitrogens with one attached hydrogen (secondary N) is 1. The van der Waals surface area contributed by atoms with Crippen molar-refractivity contribution in [3.8, 4) is 17.2 Å². The summed E-state index contributed by atoms with van der Waals surface area (Å²) in [5.41, 5.74) is 5.39. The smallest absolute Gasteiger partial charge is 0.231 e. The van der Waals surface area contributed by atoms with Gasteiger partial charge in [-0.05, 0) is 61.7 Å². The van der Waals surface area contributed by atoms with E-state index in [4.69, 9.17) is 4.42 Å². The van der Waals surface area contributed by atoms with E-state index in [2.05, 4.69) is 10.3 Å². The zero-order valence-corrected chi connectivity index (χ0v) is 14.2. The van der Waals surface area contributed by atoms with Crippen LogP contribution in [0.1, 0.15) is 30.0 Å². The summed E-state index contributed by atoms with van der Waals surface area (Å²) in [4.78, 5) is 16.1. The molecule has 2 aromatic carbocycles. The quantitative estimate of drug-likeness (QED) is 0.697. The zero-order chi connectivity index (χ0) is 17.4. The first-order valence-electron chi connectivity index (χ1n) is 7.90. The number of nitrogens with zero attached hydrogens (tertiary/aromatic N) is 1. The minimum absolute atomic E-state index is 0.0881. The highest BCUT2D eigenvalue weighted by atomic mass is 16.3. The molecular formula is C19H20N2O3. The Labute approximate surface area is 140 Å². The molecule has 0 spiro atoms. The Balaban J connectivity index is 2.12. The van der Waals surface area contributed by atoms with Gasteiger partial charge >= 0.3 is 0 Å². The normalized spacial score (nSPS) is 11.0. The van der Waals surface area contributed by atoms with Crippen molar-refractivity contribution in [3.05, 3.63) is 41.0 Å². The minimum atomic E-state index is -0.0881. The molecule has 1 heterocycles. The van der Waals surface area contributed by atoms with Gasteiger partial charge in [0.15, 0.2) is 5.58 Å². The van der Waals surface area contributed by atoms with E-state index >= 15 is 0 Å². The summed E-state index contributed by atoms with van der Waals surface area (Å²) in [6, 6.07) is 7.31. The Kier molecular flexibility index (Phi) is 4.01. The van der Waals surface area contributed by atoms with Crippen molar-refractivity contribution >= 4 is 22.7 Å². The van der Waals surface area contributed by atoms with E-state index in [9.17, 15) is 9.90 Å². The number of amides is 1. The summed E-state index contributed by atoms with van der Waals surface area (Å²) in [6.45, 7) is 7.59. The van der Waals surface area contributed by atoms with Gasteiger partial charge in [-0.3, -0.25) is 4.79 Å². The van der Waals surface area contributed by atoms with Gasteiger partial charge in [-0.15, -0.1) is 0 Å². The van der Waals surface area contributed by atoms with Crippen molar-refractivity contribution in [1.82, 2.24) is 4.98 Å². The molecule has 0 aliphatic heterocycles. The maximum absolute atomic E-state index is 11.6. The SMILES string of the molecule is CCC(=O)Nc1cc(C)c(O)c(-c2nc3cc(C)c(C)cc3o2)c1. The van der Waals surface area contributed by atoms with E-state index in [0.29, 0.717) is 34.7 Å². The maximum atomic E-state index is 11.6. The lowest BCUT2D eigenvalue weighted by Gasteiger charge is -2.09. The highest BCUT2D eigenvalue weighted by Crippen LogP contribution is 2.36. The standard InChI is InChI=1S/C19H20N2O3/c1-5-17(22)20-13-6-12(4)18(23)14(9-13)19-21-15-7-10(2)11(3)8-16(15)24-19/h6-9,23H,5H2,1-4H3,(H,20,22). The Morgan fingerprint density at radius 1 is 1.12 bits per heavy atom. The maximum Gasteiger partial charge on any atom is 0.231 e. The molecule has 0 bridgehead atoms. The molecule has 5 nitrogen and oxygen atoms in total. The number of hydrogen-bond donors (Lipinski definition) is 2. The Morgan fingerprint density at radius 3 is 2.54 bits per heavy atom. The van der Waals surface area contributed by atoms with E-state index < -0.39 is 0 Å². The lowest BCUT2D eigenvalue weighted by atomic mass is 10.1. The van der Waals surface area contributed by atoms with Gasteiger partial charge in [0.1, 0.15) is 11.3 Å². The Hall–Kier alpha value is -2.82. The minimum Gasteiger partial charge on any atom is -0.507 e. The van der Waals surface area contributed by atoms with Gasteiger partial charge in [-0.1, -0.05) is 6.92 Å². The third-order valence-electron chi connectivity index (χ3n) is 4.14. The van der Waals surface area contributed by atoms with Crippen LogP contribution < -0.4 is 5.32 Å². The molecule has 24 heavy (non-hydrogen) atoms. The number of rotatable bonds is 3. The van der Waals surface area contributed by atoms with Crippen LogP contribution in [0.15, 0.2) is 28.7 Å². The number of hydrogen-bond acceptors (Lipinski definition) is 4. The van der Waals surface area contributed by atoms with Gasteiger partial charge in [0.2, 0.25) is 11.8 Å². The van der Waals surface area contributed by atoms with Gasteiger partial charge in [0, 0.05) is 12.1 Å². The average molecular weight is 324 g/mol. The lowest BCUT2D eigenvalue weighted by molar-refractivity contribution is -0.115.